The summed E-state index contributed by atoms with van der Waals surface area (Å²) in [7, 11) is 0. The number of hydrogen-bond donors (Lipinski definition) is 2. The number of rotatable bonds is 6. The maximum Gasteiger partial charge on any atom is 0.407 e. The number of ether oxygens (including phenoxy) is 1. The summed E-state index contributed by atoms with van der Waals surface area (Å²) in [6, 6.07) is 17.9. The predicted molar refractivity (Wildman–Crippen MR) is 116 cm³/mol. The number of carbonyl (C=O) groups excluding carboxylic acids is 3. The van der Waals surface area contributed by atoms with Gasteiger partial charge in [-0.05, 0) is 35.2 Å². The van der Waals surface area contributed by atoms with Crippen molar-refractivity contribution in [3.05, 3.63) is 76.2 Å². The number of amides is 2. The van der Waals surface area contributed by atoms with Crippen molar-refractivity contribution in [2.75, 3.05) is 18.5 Å². The molecule has 4 rings (SSSR count). The first-order chi connectivity index (χ1) is 14.6. The van der Waals surface area contributed by atoms with Gasteiger partial charge in [0.15, 0.2) is 6.29 Å². The van der Waals surface area contributed by atoms with Gasteiger partial charge < -0.3 is 15.4 Å². The highest BCUT2D eigenvalue weighted by atomic mass is 32.1. The number of hydrogen-bond acceptors (Lipinski definition) is 5. The molecule has 0 atom stereocenters. The van der Waals surface area contributed by atoms with Gasteiger partial charge in [-0.25, -0.2) is 4.79 Å². The third kappa shape index (κ3) is 3.97. The Balaban J connectivity index is 1.33. The molecule has 6 nitrogen and oxygen atoms in total. The molecule has 2 N–H and O–H groups in total. The summed E-state index contributed by atoms with van der Waals surface area (Å²) in [5.74, 6) is -0.463. The molecular formula is C23H20N2O4S. The van der Waals surface area contributed by atoms with Gasteiger partial charge >= 0.3 is 6.09 Å². The second-order valence-electron chi connectivity index (χ2n) is 6.99. The van der Waals surface area contributed by atoms with E-state index in [-0.39, 0.29) is 19.1 Å². The fourth-order valence-electron chi connectivity index (χ4n) is 3.69. The Hall–Kier alpha value is -3.45. The quantitative estimate of drug-likeness (QED) is 0.581. The highest BCUT2D eigenvalue weighted by Gasteiger charge is 2.29. The largest absolute Gasteiger partial charge is 0.449 e. The molecule has 1 aromatic heterocycles. The lowest BCUT2D eigenvalue weighted by molar-refractivity contribution is -0.115. The van der Waals surface area contributed by atoms with Gasteiger partial charge in [-0.2, -0.15) is 0 Å². The first kappa shape index (κ1) is 19.8. The topological polar surface area (TPSA) is 84.5 Å². The van der Waals surface area contributed by atoms with Crippen molar-refractivity contribution in [1.82, 2.24) is 5.32 Å². The van der Waals surface area contributed by atoms with Crippen molar-refractivity contribution in [2.24, 2.45) is 0 Å². The minimum absolute atomic E-state index is 0.0405. The number of thiophene rings is 1. The molecule has 7 heteroatoms. The lowest BCUT2D eigenvalue weighted by Gasteiger charge is -2.14. The van der Waals surface area contributed by atoms with Gasteiger partial charge in [0.05, 0.1) is 0 Å². The van der Waals surface area contributed by atoms with E-state index in [0.29, 0.717) is 16.9 Å². The Morgan fingerprint density at radius 3 is 2.33 bits per heavy atom. The number of carbonyl (C=O) groups is 3. The van der Waals surface area contributed by atoms with E-state index in [1.165, 1.54) is 11.3 Å². The standard InChI is InChI=1S/C23H20N2O4S/c1-14-10-15(12-26)22(30-14)25-21(27)11-24-23(28)29-13-20-18-8-4-2-6-16(18)17-7-3-5-9-19(17)20/h2-10,12,20H,11,13H2,1H3,(H,24,28)(H,25,27). The van der Waals surface area contributed by atoms with Crippen LogP contribution in [0.1, 0.15) is 32.3 Å². The normalized spacial score (nSPS) is 12.0. The van der Waals surface area contributed by atoms with E-state index in [1.54, 1.807) is 6.07 Å². The number of alkyl carbamates (subject to hydrolysis) is 1. The Labute approximate surface area is 177 Å². The number of nitrogens with one attached hydrogen (secondary N) is 2. The van der Waals surface area contributed by atoms with E-state index >= 15 is 0 Å². The zero-order chi connectivity index (χ0) is 21.1. The first-order valence-corrected chi connectivity index (χ1v) is 10.3. The van der Waals surface area contributed by atoms with Crippen LogP contribution in [0, 0.1) is 6.92 Å². The molecule has 152 valence electrons. The maximum absolute atomic E-state index is 12.1. The van der Waals surface area contributed by atoms with Gasteiger partial charge in [-0.15, -0.1) is 11.3 Å². The number of aldehydes is 1. The van der Waals surface area contributed by atoms with Gasteiger partial charge in [-0.1, -0.05) is 48.5 Å². The van der Waals surface area contributed by atoms with Crippen molar-refractivity contribution in [1.29, 1.82) is 0 Å². The number of benzene rings is 2. The van der Waals surface area contributed by atoms with E-state index in [4.69, 9.17) is 4.74 Å². The Kier molecular flexibility index (Phi) is 5.63. The molecule has 0 unspecified atom stereocenters. The maximum atomic E-state index is 12.1. The molecule has 0 aliphatic heterocycles. The molecule has 1 aliphatic rings. The van der Waals surface area contributed by atoms with Crippen molar-refractivity contribution in [2.45, 2.75) is 12.8 Å². The van der Waals surface area contributed by atoms with Gasteiger partial charge in [0, 0.05) is 16.4 Å². The van der Waals surface area contributed by atoms with Crippen LogP contribution in [-0.2, 0) is 9.53 Å². The van der Waals surface area contributed by atoms with E-state index < -0.39 is 12.0 Å². The van der Waals surface area contributed by atoms with Crippen molar-refractivity contribution >= 4 is 34.6 Å². The Bertz CT molecular complexity index is 1080. The lowest BCUT2D eigenvalue weighted by atomic mass is 9.98. The summed E-state index contributed by atoms with van der Waals surface area (Å²) in [5, 5.41) is 5.57. The minimum Gasteiger partial charge on any atom is -0.449 e. The van der Waals surface area contributed by atoms with Crippen LogP contribution in [0.4, 0.5) is 9.80 Å². The molecule has 0 bridgehead atoms. The number of aryl methyl sites for hydroxylation is 1. The predicted octanol–water partition coefficient (Wildman–Crippen LogP) is 4.35. The highest BCUT2D eigenvalue weighted by molar-refractivity contribution is 7.16. The SMILES string of the molecule is Cc1cc(C=O)c(NC(=O)CNC(=O)OCC2c3ccccc3-c3ccccc32)s1. The van der Waals surface area contributed by atoms with Crippen LogP contribution in [0.15, 0.2) is 54.6 Å². The molecule has 0 spiro atoms. The van der Waals surface area contributed by atoms with Crippen LogP contribution in [0.3, 0.4) is 0 Å². The molecule has 0 saturated carbocycles. The Morgan fingerprint density at radius 1 is 1.07 bits per heavy atom. The van der Waals surface area contributed by atoms with E-state index in [1.807, 2.05) is 43.3 Å². The highest BCUT2D eigenvalue weighted by Crippen LogP contribution is 2.44. The zero-order valence-electron chi connectivity index (χ0n) is 16.3. The number of anilines is 1. The molecule has 0 fully saturated rings. The summed E-state index contributed by atoms with van der Waals surface area (Å²) in [5.41, 5.74) is 4.97. The minimum atomic E-state index is -0.662. The smallest absolute Gasteiger partial charge is 0.407 e. The van der Waals surface area contributed by atoms with Gasteiger partial charge in [0.25, 0.3) is 0 Å². The van der Waals surface area contributed by atoms with Crippen molar-refractivity contribution in [3.8, 4) is 11.1 Å². The Morgan fingerprint density at radius 2 is 1.70 bits per heavy atom. The number of fused-ring (bicyclic) bond motifs is 3. The van der Waals surface area contributed by atoms with Crippen LogP contribution in [0.25, 0.3) is 11.1 Å². The summed E-state index contributed by atoms with van der Waals surface area (Å²) in [4.78, 5) is 36.2. The third-order valence-corrected chi connectivity index (χ3v) is 5.98. The molecule has 2 amide bonds. The fourth-order valence-corrected chi connectivity index (χ4v) is 4.59. The molecule has 0 saturated heterocycles. The average molecular weight is 420 g/mol. The van der Waals surface area contributed by atoms with Crippen molar-refractivity contribution < 1.29 is 19.1 Å². The van der Waals surface area contributed by atoms with Crippen molar-refractivity contribution in [3.63, 3.8) is 0 Å². The average Bonchev–Trinajstić information content (AvgIpc) is 3.27. The molecule has 2 aromatic carbocycles. The van der Waals surface area contributed by atoms with Crippen LogP contribution in [0.2, 0.25) is 0 Å². The summed E-state index contributed by atoms with van der Waals surface area (Å²) in [6.45, 7) is 1.79. The van der Waals surface area contributed by atoms with E-state index in [0.717, 1.165) is 27.1 Å². The second kappa shape index (κ2) is 8.51. The lowest BCUT2D eigenvalue weighted by Crippen LogP contribution is -2.33. The van der Waals surface area contributed by atoms with E-state index in [9.17, 15) is 14.4 Å². The fraction of sp³-hybridized carbons (Fsp3) is 0.174. The molecule has 0 radical (unpaired) electrons. The second-order valence-corrected chi connectivity index (χ2v) is 8.24. The van der Waals surface area contributed by atoms with Crippen LogP contribution >= 0.6 is 11.3 Å². The molecule has 1 aliphatic carbocycles. The first-order valence-electron chi connectivity index (χ1n) is 9.51. The molecule has 30 heavy (non-hydrogen) atoms. The summed E-state index contributed by atoms with van der Waals surface area (Å²) >= 11 is 1.31. The third-order valence-electron chi connectivity index (χ3n) is 5.00. The zero-order valence-corrected chi connectivity index (χ0v) is 17.1. The van der Waals surface area contributed by atoms with Crippen LogP contribution < -0.4 is 10.6 Å². The molecule has 1 heterocycles. The summed E-state index contributed by atoms with van der Waals surface area (Å²) < 4.78 is 5.41. The van der Waals surface area contributed by atoms with Crippen LogP contribution in [0.5, 0.6) is 0 Å². The van der Waals surface area contributed by atoms with Gasteiger partial charge in [0.2, 0.25) is 5.91 Å². The van der Waals surface area contributed by atoms with E-state index in [2.05, 4.69) is 22.8 Å². The van der Waals surface area contributed by atoms with Crippen LogP contribution in [-0.4, -0.2) is 31.4 Å². The summed E-state index contributed by atoms with van der Waals surface area (Å²) in [6.07, 6.45) is 0.0305. The van der Waals surface area contributed by atoms with Gasteiger partial charge in [-0.3, -0.25) is 9.59 Å². The molecule has 3 aromatic rings. The van der Waals surface area contributed by atoms with Gasteiger partial charge in [0.1, 0.15) is 18.2 Å². The molecular weight excluding hydrogens is 400 g/mol. The monoisotopic (exact) mass is 420 g/mol.